The number of rotatable bonds is 2. The largest absolute Gasteiger partial charge is 0.446 e. The minimum absolute atomic E-state index is 0.0139. The van der Waals surface area contributed by atoms with E-state index in [-0.39, 0.29) is 18.1 Å². The average Bonchev–Trinajstić information content (AvgIpc) is 3.30. The quantitative estimate of drug-likeness (QED) is 0.913. The highest BCUT2D eigenvalue weighted by molar-refractivity contribution is 5.98. The van der Waals surface area contributed by atoms with Crippen LogP contribution >= 0.6 is 0 Å². The van der Waals surface area contributed by atoms with Crippen molar-refractivity contribution in [1.29, 1.82) is 0 Å². The van der Waals surface area contributed by atoms with E-state index < -0.39 is 0 Å². The SMILES string of the molecule is O=C(OC1CCCC1)N1CCN(C(=O)c2cc3ccccc3[nH]2)CC1. The number of para-hydroxylation sites is 1. The van der Waals surface area contributed by atoms with Gasteiger partial charge in [-0.2, -0.15) is 0 Å². The van der Waals surface area contributed by atoms with Crippen LogP contribution in [-0.4, -0.2) is 59.1 Å². The molecule has 2 aromatic rings. The summed E-state index contributed by atoms with van der Waals surface area (Å²) in [4.78, 5) is 31.6. The summed E-state index contributed by atoms with van der Waals surface area (Å²) >= 11 is 0. The molecule has 0 bridgehead atoms. The van der Waals surface area contributed by atoms with Crippen molar-refractivity contribution in [2.24, 2.45) is 0 Å². The van der Waals surface area contributed by atoms with Crippen molar-refractivity contribution in [2.75, 3.05) is 26.2 Å². The van der Waals surface area contributed by atoms with Gasteiger partial charge >= 0.3 is 6.09 Å². The number of H-pyrrole nitrogens is 1. The average molecular weight is 341 g/mol. The summed E-state index contributed by atoms with van der Waals surface area (Å²) in [5.41, 5.74) is 1.56. The number of benzene rings is 1. The molecule has 2 fully saturated rings. The molecular formula is C19H23N3O3. The van der Waals surface area contributed by atoms with Crippen LogP contribution in [0.4, 0.5) is 4.79 Å². The van der Waals surface area contributed by atoms with Crippen LogP contribution in [0.5, 0.6) is 0 Å². The molecule has 132 valence electrons. The van der Waals surface area contributed by atoms with Gasteiger partial charge in [0.05, 0.1) is 0 Å². The Bertz CT molecular complexity index is 738. The highest BCUT2D eigenvalue weighted by Gasteiger charge is 2.28. The zero-order valence-corrected chi connectivity index (χ0v) is 14.2. The van der Waals surface area contributed by atoms with Crippen molar-refractivity contribution >= 4 is 22.9 Å². The second-order valence-corrected chi connectivity index (χ2v) is 6.84. The molecule has 0 spiro atoms. The van der Waals surface area contributed by atoms with E-state index in [1.165, 1.54) is 0 Å². The molecule has 2 amide bonds. The fourth-order valence-corrected chi connectivity index (χ4v) is 3.67. The Kier molecular flexibility index (Phi) is 4.34. The van der Waals surface area contributed by atoms with Gasteiger partial charge in [-0.15, -0.1) is 0 Å². The van der Waals surface area contributed by atoms with Gasteiger partial charge in [0.2, 0.25) is 0 Å². The van der Waals surface area contributed by atoms with Crippen LogP contribution in [0.3, 0.4) is 0 Å². The zero-order valence-electron chi connectivity index (χ0n) is 14.2. The smallest absolute Gasteiger partial charge is 0.410 e. The molecule has 1 aromatic carbocycles. The second kappa shape index (κ2) is 6.78. The molecule has 25 heavy (non-hydrogen) atoms. The predicted molar refractivity (Wildman–Crippen MR) is 94.5 cm³/mol. The summed E-state index contributed by atoms with van der Waals surface area (Å²) in [5, 5.41) is 1.03. The van der Waals surface area contributed by atoms with E-state index >= 15 is 0 Å². The first-order valence-electron chi connectivity index (χ1n) is 9.03. The number of hydrogen-bond acceptors (Lipinski definition) is 3. The number of aromatic amines is 1. The lowest BCUT2D eigenvalue weighted by Gasteiger charge is -2.34. The third-order valence-corrected chi connectivity index (χ3v) is 5.16. The molecule has 1 saturated heterocycles. The van der Waals surface area contributed by atoms with E-state index in [2.05, 4.69) is 4.98 Å². The Balaban J connectivity index is 1.34. The van der Waals surface area contributed by atoms with Gasteiger partial charge in [0.1, 0.15) is 11.8 Å². The number of nitrogens with one attached hydrogen (secondary N) is 1. The molecular weight excluding hydrogens is 318 g/mol. The van der Waals surface area contributed by atoms with Crippen molar-refractivity contribution in [3.05, 3.63) is 36.0 Å². The minimum Gasteiger partial charge on any atom is -0.446 e. The molecule has 2 heterocycles. The molecule has 0 unspecified atom stereocenters. The molecule has 1 N–H and O–H groups in total. The third kappa shape index (κ3) is 3.34. The Morgan fingerprint density at radius 1 is 1.00 bits per heavy atom. The topological polar surface area (TPSA) is 65.6 Å². The molecule has 0 atom stereocenters. The third-order valence-electron chi connectivity index (χ3n) is 5.16. The predicted octanol–water partition coefficient (Wildman–Crippen LogP) is 3.00. The fraction of sp³-hybridized carbons (Fsp3) is 0.474. The van der Waals surface area contributed by atoms with Crippen LogP contribution in [0.25, 0.3) is 10.9 Å². The first-order valence-corrected chi connectivity index (χ1v) is 9.03. The number of carbonyl (C=O) groups is 2. The van der Waals surface area contributed by atoms with E-state index in [1.54, 1.807) is 9.80 Å². The van der Waals surface area contributed by atoms with Crippen molar-refractivity contribution in [1.82, 2.24) is 14.8 Å². The molecule has 1 aromatic heterocycles. The fourth-order valence-electron chi connectivity index (χ4n) is 3.67. The molecule has 6 nitrogen and oxygen atoms in total. The van der Waals surface area contributed by atoms with Gasteiger partial charge in [-0.1, -0.05) is 18.2 Å². The van der Waals surface area contributed by atoms with Crippen LogP contribution in [0.15, 0.2) is 30.3 Å². The number of amides is 2. The van der Waals surface area contributed by atoms with Gasteiger partial charge in [-0.3, -0.25) is 4.79 Å². The highest BCUT2D eigenvalue weighted by atomic mass is 16.6. The van der Waals surface area contributed by atoms with E-state index in [9.17, 15) is 9.59 Å². The first kappa shape index (κ1) is 16.0. The minimum atomic E-state index is -0.232. The maximum atomic E-state index is 12.7. The lowest BCUT2D eigenvalue weighted by atomic mass is 10.2. The van der Waals surface area contributed by atoms with Crippen molar-refractivity contribution in [2.45, 2.75) is 31.8 Å². The number of hydrogen-bond donors (Lipinski definition) is 1. The standard InChI is InChI=1S/C19H23N3O3/c23-18(17-13-14-5-1-4-8-16(14)20-17)21-9-11-22(12-10-21)19(24)25-15-6-2-3-7-15/h1,4-5,8,13,15,20H,2-3,6-7,9-12H2. The summed E-state index contributed by atoms with van der Waals surface area (Å²) < 4.78 is 5.55. The van der Waals surface area contributed by atoms with Crippen molar-refractivity contribution in [3.63, 3.8) is 0 Å². The molecule has 1 saturated carbocycles. The van der Waals surface area contributed by atoms with Crippen molar-refractivity contribution in [3.8, 4) is 0 Å². The number of carbonyl (C=O) groups excluding carboxylic acids is 2. The zero-order chi connectivity index (χ0) is 17.2. The molecule has 0 radical (unpaired) electrons. The number of aromatic nitrogens is 1. The number of piperazine rings is 1. The summed E-state index contributed by atoms with van der Waals surface area (Å²) in [6.45, 7) is 2.12. The van der Waals surface area contributed by atoms with E-state index in [0.29, 0.717) is 31.9 Å². The number of fused-ring (bicyclic) bond motifs is 1. The van der Waals surface area contributed by atoms with Gasteiger partial charge in [-0.25, -0.2) is 4.79 Å². The maximum absolute atomic E-state index is 12.7. The van der Waals surface area contributed by atoms with Crippen LogP contribution < -0.4 is 0 Å². The van der Waals surface area contributed by atoms with Crippen LogP contribution in [-0.2, 0) is 4.74 Å². The van der Waals surface area contributed by atoms with E-state index in [1.807, 2.05) is 30.3 Å². The van der Waals surface area contributed by atoms with Gasteiger partial charge in [0.25, 0.3) is 5.91 Å². The number of ether oxygens (including phenoxy) is 1. The van der Waals surface area contributed by atoms with E-state index in [4.69, 9.17) is 4.74 Å². The summed E-state index contributed by atoms with van der Waals surface area (Å²) in [7, 11) is 0. The Labute approximate surface area is 146 Å². The van der Waals surface area contributed by atoms with Gasteiger partial charge in [0, 0.05) is 37.1 Å². The second-order valence-electron chi connectivity index (χ2n) is 6.84. The van der Waals surface area contributed by atoms with Crippen LogP contribution in [0.2, 0.25) is 0 Å². The molecule has 1 aliphatic carbocycles. The lowest BCUT2D eigenvalue weighted by molar-refractivity contribution is 0.0420. The highest BCUT2D eigenvalue weighted by Crippen LogP contribution is 2.22. The molecule has 2 aliphatic rings. The molecule has 6 heteroatoms. The van der Waals surface area contributed by atoms with E-state index in [0.717, 1.165) is 36.6 Å². The Hall–Kier alpha value is -2.50. The van der Waals surface area contributed by atoms with Gasteiger partial charge in [-0.05, 0) is 37.8 Å². The number of nitrogens with zero attached hydrogens (tertiary/aromatic N) is 2. The van der Waals surface area contributed by atoms with Crippen molar-refractivity contribution < 1.29 is 14.3 Å². The first-order chi connectivity index (χ1) is 12.2. The van der Waals surface area contributed by atoms with Crippen LogP contribution in [0, 0.1) is 0 Å². The Morgan fingerprint density at radius 2 is 1.68 bits per heavy atom. The molecule has 4 rings (SSSR count). The van der Waals surface area contributed by atoms with Gasteiger partial charge < -0.3 is 19.5 Å². The normalized spacial score (nSPS) is 18.7. The maximum Gasteiger partial charge on any atom is 0.410 e. The summed E-state index contributed by atoms with van der Waals surface area (Å²) in [6.07, 6.45) is 4.09. The molecule has 1 aliphatic heterocycles. The lowest BCUT2D eigenvalue weighted by Crippen LogP contribution is -2.51. The van der Waals surface area contributed by atoms with Crippen LogP contribution in [0.1, 0.15) is 36.2 Å². The Morgan fingerprint density at radius 3 is 2.40 bits per heavy atom. The monoisotopic (exact) mass is 341 g/mol. The summed E-state index contributed by atoms with van der Waals surface area (Å²) in [6, 6.07) is 9.74. The summed E-state index contributed by atoms with van der Waals surface area (Å²) in [5.74, 6) is -0.0139. The van der Waals surface area contributed by atoms with Gasteiger partial charge in [0.15, 0.2) is 0 Å².